The quantitative estimate of drug-likeness (QED) is 0.648. The van der Waals surface area contributed by atoms with Crippen molar-refractivity contribution in [2.45, 2.75) is 6.92 Å². The van der Waals surface area contributed by atoms with E-state index in [2.05, 4.69) is 14.9 Å². The molecule has 0 unspecified atom stereocenters. The lowest BCUT2D eigenvalue weighted by atomic mass is 10.2. The van der Waals surface area contributed by atoms with Gasteiger partial charge in [0.2, 0.25) is 0 Å². The van der Waals surface area contributed by atoms with Gasteiger partial charge in [0, 0.05) is 25.2 Å². The zero-order valence-electron chi connectivity index (χ0n) is 15.9. The predicted molar refractivity (Wildman–Crippen MR) is 110 cm³/mol. The molecule has 1 fully saturated rings. The number of hydrogen-bond donors (Lipinski definition) is 1. The first kappa shape index (κ1) is 19.1. The third-order valence-electron chi connectivity index (χ3n) is 4.75. The van der Waals surface area contributed by atoms with Gasteiger partial charge >= 0.3 is 0 Å². The number of H-pyrrole nitrogens is 1. The van der Waals surface area contributed by atoms with E-state index >= 15 is 0 Å². The molecule has 0 spiro atoms. The Morgan fingerprint density at radius 1 is 1.14 bits per heavy atom. The zero-order chi connectivity index (χ0) is 19.3. The van der Waals surface area contributed by atoms with Gasteiger partial charge in [-0.2, -0.15) is 0 Å². The smallest absolute Gasteiger partial charge is 0.161 e. The second-order valence-corrected chi connectivity index (χ2v) is 7.03. The van der Waals surface area contributed by atoms with Crippen LogP contribution in [-0.2, 0) is 4.74 Å². The molecule has 1 aliphatic rings. The number of rotatable bonds is 7. The van der Waals surface area contributed by atoms with Gasteiger partial charge in [-0.25, -0.2) is 4.98 Å². The highest BCUT2D eigenvalue weighted by Crippen LogP contribution is 2.33. The number of imidazole rings is 1. The SMILES string of the molecule is CCOc1cc(-c2nc3c(Cl)cccc3[nH]2)ccc1OCCN1CCOCC1. The molecule has 0 atom stereocenters. The Kier molecular flexibility index (Phi) is 6.00. The van der Waals surface area contributed by atoms with Crippen molar-refractivity contribution < 1.29 is 14.2 Å². The van der Waals surface area contributed by atoms with Crippen molar-refractivity contribution in [2.75, 3.05) is 46.1 Å². The van der Waals surface area contributed by atoms with Crippen molar-refractivity contribution in [1.82, 2.24) is 14.9 Å². The van der Waals surface area contributed by atoms with Crippen LogP contribution in [0.4, 0.5) is 0 Å². The summed E-state index contributed by atoms with van der Waals surface area (Å²) in [5.74, 6) is 2.21. The van der Waals surface area contributed by atoms with Gasteiger partial charge < -0.3 is 19.2 Å². The summed E-state index contributed by atoms with van der Waals surface area (Å²) >= 11 is 6.25. The van der Waals surface area contributed by atoms with Gasteiger partial charge in [0.25, 0.3) is 0 Å². The lowest BCUT2D eigenvalue weighted by molar-refractivity contribution is 0.0321. The standard InChI is InChI=1S/C21H24ClN3O3/c1-2-27-19-14-15(21-23-17-5-3-4-16(22)20(17)24-21)6-7-18(19)28-13-10-25-8-11-26-12-9-25/h3-7,14H,2,8-13H2,1H3,(H,23,24). The number of ether oxygens (including phenoxy) is 3. The second kappa shape index (κ2) is 8.82. The van der Waals surface area contributed by atoms with E-state index in [1.807, 2.05) is 43.3 Å². The third-order valence-corrected chi connectivity index (χ3v) is 5.05. The minimum atomic E-state index is 0.565. The number of benzene rings is 2. The summed E-state index contributed by atoms with van der Waals surface area (Å²) < 4.78 is 17.2. The Balaban J connectivity index is 1.51. The van der Waals surface area contributed by atoms with Gasteiger partial charge in [-0.15, -0.1) is 0 Å². The average molecular weight is 402 g/mol. The summed E-state index contributed by atoms with van der Waals surface area (Å²) in [7, 11) is 0. The summed E-state index contributed by atoms with van der Waals surface area (Å²) in [5.41, 5.74) is 2.60. The van der Waals surface area contributed by atoms with E-state index in [0.717, 1.165) is 61.0 Å². The first-order valence-corrected chi connectivity index (χ1v) is 9.96. The van der Waals surface area contributed by atoms with E-state index in [1.165, 1.54) is 0 Å². The van der Waals surface area contributed by atoms with E-state index in [0.29, 0.717) is 24.0 Å². The van der Waals surface area contributed by atoms with Crippen LogP contribution in [0.5, 0.6) is 11.5 Å². The molecule has 0 aliphatic carbocycles. The molecule has 1 saturated heterocycles. The summed E-state index contributed by atoms with van der Waals surface area (Å²) in [6.07, 6.45) is 0. The van der Waals surface area contributed by atoms with Crippen molar-refractivity contribution in [2.24, 2.45) is 0 Å². The second-order valence-electron chi connectivity index (χ2n) is 6.62. The lowest BCUT2D eigenvalue weighted by Crippen LogP contribution is -2.38. The molecule has 2 aromatic carbocycles. The molecule has 148 valence electrons. The predicted octanol–water partition coefficient (Wildman–Crippen LogP) is 3.99. The highest BCUT2D eigenvalue weighted by Gasteiger charge is 2.14. The minimum absolute atomic E-state index is 0.565. The molecular weight excluding hydrogens is 378 g/mol. The van der Waals surface area contributed by atoms with Crippen LogP contribution in [0.2, 0.25) is 5.02 Å². The monoisotopic (exact) mass is 401 g/mol. The Bertz CT molecular complexity index is 938. The van der Waals surface area contributed by atoms with Crippen molar-refractivity contribution in [3.8, 4) is 22.9 Å². The largest absolute Gasteiger partial charge is 0.490 e. The van der Waals surface area contributed by atoms with Gasteiger partial charge in [0.05, 0.1) is 30.4 Å². The molecule has 6 nitrogen and oxygen atoms in total. The summed E-state index contributed by atoms with van der Waals surface area (Å²) in [5, 5.41) is 0.632. The number of halogens is 1. The number of fused-ring (bicyclic) bond motifs is 1. The average Bonchev–Trinajstić information content (AvgIpc) is 3.16. The molecule has 2 heterocycles. The zero-order valence-corrected chi connectivity index (χ0v) is 16.7. The van der Waals surface area contributed by atoms with Gasteiger partial charge in [0.1, 0.15) is 17.9 Å². The van der Waals surface area contributed by atoms with Crippen molar-refractivity contribution in [3.63, 3.8) is 0 Å². The maximum Gasteiger partial charge on any atom is 0.161 e. The molecule has 0 saturated carbocycles. The lowest BCUT2D eigenvalue weighted by Gasteiger charge is -2.26. The number of nitrogens with one attached hydrogen (secondary N) is 1. The Hall–Kier alpha value is -2.28. The first-order valence-electron chi connectivity index (χ1n) is 9.59. The van der Waals surface area contributed by atoms with Crippen LogP contribution in [0.3, 0.4) is 0 Å². The van der Waals surface area contributed by atoms with Crippen molar-refractivity contribution in [1.29, 1.82) is 0 Å². The number of aromatic nitrogens is 2. The molecule has 1 aliphatic heterocycles. The molecule has 4 rings (SSSR count). The molecule has 0 radical (unpaired) electrons. The summed E-state index contributed by atoms with van der Waals surface area (Å²) in [4.78, 5) is 10.3. The van der Waals surface area contributed by atoms with E-state index in [1.54, 1.807) is 0 Å². The Morgan fingerprint density at radius 3 is 2.79 bits per heavy atom. The van der Waals surface area contributed by atoms with Crippen molar-refractivity contribution in [3.05, 3.63) is 41.4 Å². The highest BCUT2D eigenvalue weighted by atomic mass is 35.5. The fourth-order valence-electron chi connectivity index (χ4n) is 3.29. The van der Waals surface area contributed by atoms with Crippen LogP contribution < -0.4 is 9.47 Å². The Morgan fingerprint density at radius 2 is 2.00 bits per heavy atom. The van der Waals surface area contributed by atoms with E-state index in [9.17, 15) is 0 Å². The van der Waals surface area contributed by atoms with Crippen LogP contribution in [0.1, 0.15) is 6.92 Å². The molecule has 3 aromatic rings. The number of nitrogens with zero attached hydrogens (tertiary/aromatic N) is 2. The summed E-state index contributed by atoms with van der Waals surface area (Å²) in [6, 6.07) is 11.6. The van der Waals surface area contributed by atoms with E-state index in [-0.39, 0.29) is 0 Å². The number of morpholine rings is 1. The van der Waals surface area contributed by atoms with Crippen LogP contribution in [0, 0.1) is 0 Å². The van der Waals surface area contributed by atoms with E-state index in [4.69, 9.17) is 25.8 Å². The van der Waals surface area contributed by atoms with Gasteiger partial charge in [0.15, 0.2) is 11.5 Å². The Labute approximate surface area is 169 Å². The molecule has 0 bridgehead atoms. The normalized spacial score (nSPS) is 15.1. The number of para-hydroxylation sites is 1. The highest BCUT2D eigenvalue weighted by molar-refractivity contribution is 6.35. The third kappa shape index (κ3) is 4.24. The summed E-state index contributed by atoms with van der Waals surface area (Å²) in [6.45, 7) is 7.50. The number of aromatic amines is 1. The topological polar surface area (TPSA) is 59.6 Å². The van der Waals surface area contributed by atoms with Crippen molar-refractivity contribution >= 4 is 22.6 Å². The maximum atomic E-state index is 6.25. The van der Waals surface area contributed by atoms with Crippen LogP contribution >= 0.6 is 11.6 Å². The first-order chi connectivity index (χ1) is 13.7. The van der Waals surface area contributed by atoms with Gasteiger partial charge in [-0.05, 0) is 37.3 Å². The van der Waals surface area contributed by atoms with Crippen LogP contribution in [-0.4, -0.2) is 60.9 Å². The number of hydrogen-bond acceptors (Lipinski definition) is 5. The minimum Gasteiger partial charge on any atom is -0.490 e. The van der Waals surface area contributed by atoms with Gasteiger partial charge in [-0.1, -0.05) is 17.7 Å². The van der Waals surface area contributed by atoms with E-state index < -0.39 is 0 Å². The molecule has 0 amide bonds. The molecular formula is C21H24ClN3O3. The molecule has 28 heavy (non-hydrogen) atoms. The fraction of sp³-hybridized carbons (Fsp3) is 0.381. The van der Waals surface area contributed by atoms with Gasteiger partial charge in [-0.3, -0.25) is 4.90 Å². The molecule has 1 N–H and O–H groups in total. The molecule has 1 aromatic heterocycles. The van der Waals surface area contributed by atoms with Crippen LogP contribution in [0.25, 0.3) is 22.4 Å². The maximum absolute atomic E-state index is 6.25. The molecule has 7 heteroatoms. The fourth-order valence-corrected chi connectivity index (χ4v) is 3.50. The van der Waals surface area contributed by atoms with Crippen LogP contribution in [0.15, 0.2) is 36.4 Å².